The maximum absolute atomic E-state index is 12.3. The van der Waals surface area contributed by atoms with Gasteiger partial charge >= 0.3 is 36.4 Å². The van der Waals surface area contributed by atoms with Gasteiger partial charge in [0.05, 0.1) is 22.1 Å². The molecule has 0 aliphatic heterocycles. The molecule has 0 radical (unpaired) electrons. The number of carbonyl (C=O) groups is 6. The van der Waals surface area contributed by atoms with Gasteiger partial charge in [-0.15, -0.1) is 0 Å². The Bertz CT molecular complexity index is 1500. The number of carbonyl (C=O) groups excluding carboxylic acids is 6. The minimum Gasteiger partial charge on any atom is -0.431 e. The van der Waals surface area contributed by atoms with Gasteiger partial charge in [0, 0.05) is 0 Å². The fourth-order valence-electron chi connectivity index (χ4n) is 4.53. The molecular formula is C35H36O15. The van der Waals surface area contributed by atoms with E-state index in [1.165, 1.54) is 43.3 Å². The van der Waals surface area contributed by atoms with E-state index in [2.05, 4.69) is 29.3 Å². The lowest BCUT2D eigenvalue weighted by Crippen LogP contribution is -2.37. The molecule has 0 fully saturated rings. The average molecular weight is 697 g/mol. The Morgan fingerprint density at radius 2 is 0.620 bits per heavy atom. The van der Waals surface area contributed by atoms with Crippen molar-refractivity contribution in [2.75, 3.05) is 19.8 Å². The van der Waals surface area contributed by atoms with E-state index in [-0.39, 0.29) is 16.7 Å². The summed E-state index contributed by atoms with van der Waals surface area (Å²) in [7, 11) is 0. The molecule has 3 aromatic rings. The van der Waals surface area contributed by atoms with Gasteiger partial charge in [0.1, 0.15) is 19.8 Å². The van der Waals surface area contributed by atoms with Crippen molar-refractivity contribution in [3.05, 3.63) is 105 Å². The molecule has 15 heteroatoms. The lowest BCUT2D eigenvalue weighted by molar-refractivity contribution is -0.216. The van der Waals surface area contributed by atoms with Gasteiger partial charge in [-0.25, -0.2) is 43.7 Å². The van der Waals surface area contributed by atoms with E-state index in [1.807, 2.05) is 18.2 Å². The highest BCUT2D eigenvalue weighted by Crippen LogP contribution is 2.21. The van der Waals surface area contributed by atoms with E-state index in [0.717, 1.165) is 33.4 Å². The molecule has 0 bridgehead atoms. The molecule has 3 rings (SSSR count). The number of benzene rings is 3. The summed E-state index contributed by atoms with van der Waals surface area (Å²) in [6, 6.07) is 14.6. The first-order chi connectivity index (χ1) is 23.5. The third kappa shape index (κ3) is 12.5. The van der Waals surface area contributed by atoms with E-state index < -0.39 is 61.6 Å². The monoisotopic (exact) mass is 696 g/mol. The van der Waals surface area contributed by atoms with E-state index in [1.54, 1.807) is 41.5 Å². The van der Waals surface area contributed by atoms with Crippen LogP contribution in [0.25, 0.3) is 0 Å². The lowest BCUT2D eigenvalue weighted by Gasteiger charge is -2.26. The van der Waals surface area contributed by atoms with Gasteiger partial charge in [0.25, 0.3) is 0 Å². The number of hydrogen-bond donors (Lipinski definition) is 0. The van der Waals surface area contributed by atoms with Crippen LogP contribution in [-0.2, 0) is 43.5 Å². The molecule has 266 valence electrons. The second-order valence-electron chi connectivity index (χ2n) is 11.9. The molecule has 50 heavy (non-hydrogen) atoms. The number of hydrogen-bond acceptors (Lipinski definition) is 15. The van der Waals surface area contributed by atoms with Crippen LogP contribution in [0, 0.1) is 47.0 Å². The molecule has 0 aliphatic rings. The Kier molecular flexibility index (Phi) is 13.3. The van der Waals surface area contributed by atoms with Gasteiger partial charge in [-0.1, -0.05) is 51.6 Å². The number of aryl methyl sites for hydroxylation is 6. The quantitative estimate of drug-likeness (QED) is 0.100. The Balaban J connectivity index is 1.58. The minimum absolute atomic E-state index is 0.121. The summed E-state index contributed by atoms with van der Waals surface area (Å²) < 4.78 is 15.0. The highest BCUT2D eigenvalue weighted by Gasteiger charge is 2.33. The van der Waals surface area contributed by atoms with Crippen LogP contribution in [-0.4, -0.2) is 56.2 Å². The first kappa shape index (κ1) is 38.3. The fraction of sp³-hybridized carbons (Fsp3) is 0.314. The van der Waals surface area contributed by atoms with Crippen molar-refractivity contribution < 1.29 is 72.3 Å². The first-order valence-electron chi connectivity index (χ1n) is 14.9. The summed E-state index contributed by atoms with van der Waals surface area (Å²) in [4.78, 5) is 101. The van der Waals surface area contributed by atoms with Gasteiger partial charge in [0.15, 0.2) is 0 Å². The molecule has 0 aromatic heterocycles. The molecule has 0 unspecified atom stereocenters. The Morgan fingerprint density at radius 3 is 0.840 bits per heavy atom. The molecule has 0 N–H and O–H groups in total. The zero-order chi connectivity index (χ0) is 37.0. The van der Waals surface area contributed by atoms with Crippen LogP contribution in [0.1, 0.15) is 71.4 Å². The van der Waals surface area contributed by atoms with E-state index in [9.17, 15) is 28.8 Å². The minimum atomic E-state index is -1.55. The highest BCUT2D eigenvalue weighted by molar-refractivity contribution is 5.91. The van der Waals surface area contributed by atoms with E-state index >= 15 is 0 Å². The predicted molar refractivity (Wildman–Crippen MR) is 169 cm³/mol. The maximum atomic E-state index is 12.3. The highest BCUT2D eigenvalue weighted by atomic mass is 17.2. The van der Waals surface area contributed by atoms with E-state index in [4.69, 9.17) is 14.2 Å². The summed E-state index contributed by atoms with van der Waals surface area (Å²) in [5.41, 5.74) is 3.44. The van der Waals surface area contributed by atoms with Crippen molar-refractivity contribution in [1.82, 2.24) is 0 Å². The molecule has 0 amide bonds. The van der Waals surface area contributed by atoms with Crippen LogP contribution in [0.4, 0.5) is 14.4 Å². The van der Waals surface area contributed by atoms with Gasteiger partial charge in [-0.2, -0.15) is 14.4 Å². The third-order valence-electron chi connectivity index (χ3n) is 6.54. The zero-order valence-corrected chi connectivity index (χ0v) is 28.4. The summed E-state index contributed by atoms with van der Waals surface area (Å²) in [6.45, 7) is 9.91. The summed E-state index contributed by atoms with van der Waals surface area (Å²) >= 11 is 0. The van der Waals surface area contributed by atoms with Crippen molar-refractivity contribution in [3.8, 4) is 0 Å². The number of ether oxygens (including phenoxy) is 3. The number of rotatable bonds is 9. The van der Waals surface area contributed by atoms with Crippen LogP contribution < -0.4 is 0 Å². The van der Waals surface area contributed by atoms with Gasteiger partial charge < -0.3 is 14.2 Å². The zero-order valence-electron chi connectivity index (χ0n) is 28.4. The molecule has 0 heterocycles. The Labute approximate surface area is 287 Å². The Morgan fingerprint density at radius 1 is 0.400 bits per heavy atom. The van der Waals surface area contributed by atoms with Crippen molar-refractivity contribution in [2.45, 2.75) is 48.5 Å². The van der Waals surface area contributed by atoms with Crippen molar-refractivity contribution in [2.24, 2.45) is 5.41 Å². The molecule has 0 aliphatic carbocycles. The largest absolute Gasteiger partial charge is 0.549 e. The summed E-state index contributed by atoms with van der Waals surface area (Å²) in [5.74, 6) is -2.92. The van der Waals surface area contributed by atoms with Crippen molar-refractivity contribution in [3.63, 3.8) is 0 Å². The average Bonchev–Trinajstić information content (AvgIpc) is 3.04. The fourth-order valence-corrected chi connectivity index (χ4v) is 4.53. The van der Waals surface area contributed by atoms with Gasteiger partial charge in [-0.05, 0) is 84.9 Å². The molecule has 3 aromatic carbocycles. The normalized spacial score (nSPS) is 10.6. The molecule has 0 atom stereocenters. The topological polar surface area (TPSA) is 185 Å². The van der Waals surface area contributed by atoms with Crippen molar-refractivity contribution in [1.29, 1.82) is 0 Å². The summed E-state index contributed by atoms with van der Waals surface area (Å²) in [5, 5.41) is 0. The summed E-state index contributed by atoms with van der Waals surface area (Å²) in [6.07, 6.45) is -4.41. The Hall–Kier alpha value is -6.12. The standard InChI is InChI=1S/C35H36O15/c1-20-8-21(2)12-26(11-20)29(36)45-48-32(39)42-17-35(7,18-43-33(40)49-46-30(37)27-13-22(3)9-23(4)14-27)19-44-34(41)50-47-31(38)28-15-24(5)10-25(6)16-28/h8-16H,17-19H2,1-7H3. The van der Waals surface area contributed by atoms with Crippen LogP contribution >= 0.6 is 0 Å². The SMILES string of the molecule is Cc1cc(C)cc(C(=O)OOC(=O)OCC(C)(COC(=O)OOC(=O)c2cc(C)cc(C)c2)COC(=O)OOC(=O)c2cc(C)cc(C)c2)c1. The van der Waals surface area contributed by atoms with Crippen LogP contribution in [0.2, 0.25) is 0 Å². The van der Waals surface area contributed by atoms with Crippen molar-refractivity contribution >= 4 is 36.4 Å². The van der Waals surface area contributed by atoms with E-state index in [0.29, 0.717) is 0 Å². The van der Waals surface area contributed by atoms with Crippen LogP contribution in [0.15, 0.2) is 54.6 Å². The second kappa shape index (κ2) is 17.3. The molecule has 0 saturated heterocycles. The smallest absolute Gasteiger partial charge is 0.431 e. The molecule has 0 spiro atoms. The van der Waals surface area contributed by atoms with Crippen LogP contribution in [0.3, 0.4) is 0 Å². The second-order valence-corrected chi connectivity index (χ2v) is 11.9. The first-order valence-corrected chi connectivity index (χ1v) is 14.9. The van der Waals surface area contributed by atoms with Gasteiger partial charge in [0.2, 0.25) is 0 Å². The third-order valence-corrected chi connectivity index (χ3v) is 6.54. The molecule has 15 nitrogen and oxygen atoms in total. The van der Waals surface area contributed by atoms with Gasteiger partial charge in [-0.3, -0.25) is 0 Å². The lowest BCUT2D eigenvalue weighted by atomic mass is 9.94. The molecular weight excluding hydrogens is 660 g/mol. The molecule has 0 saturated carbocycles. The maximum Gasteiger partial charge on any atom is 0.549 e. The predicted octanol–water partition coefficient (Wildman–Crippen LogP) is 6.62. The van der Waals surface area contributed by atoms with Crippen LogP contribution in [0.5, 0.6) is 0 Å².